The van der Waals surface area contributed by atoms with E-state index in [4.69, 9.17) is 17.0 Å². The van der Waals surface area contributed by atoms with Gasteiger partial charge in [-0.3, -0.25) is 5.32 Å². The van der Waals surface area contributed by atoms with Gasteiger partial charge in [0.2, 0.25) is 5.95 Å². The minimum absolute atomic E-state index is 0.256. The van der Waals surface area contributed by atoms with Crippen LogP contribution in [-0.4, -0.2) is 32.5 Å². The van der Waals surface area contributed by atoms with Gasteiger partial charge in [0.15, 0.2) is 5.11 Å². The number of esters is 1. The van der Waals surface area contributed by atoms with Gasteiger partial charge in [0, 0.05) is 10.4 Å². The monoisotopic (exact) mass is 487 g/mol. The zero-order valence-electron chi connectivity index (χ0n) is 18.4. The van der Waals surface area contributed by atoms with E-state index in [1.54, 1.807) is 36.5 Å². The number of hydrogen-bond donors (Lipinski definition) is 2. The summed E-state index contributed by atoms with van der Waals surface area (Å²) in [7, 11) is 0. The SMILES string of the molecule is CCOC(=O)c1c(NC(=S)Nc2ncn(Cc3ccccc3F)n2)sc2c1CCCCCC2. The van der Waals surface area contributed by atoms with E-state index in [0.717, 1.165) is 31.2 Å². The van der Waals surface area contributed by atoms with Crippen LogP contribution in [0.15, 0.2) is 30.6 Å². The number of nitrogens with zero attached hydrogens (tertiary/aromatic N) is 3. The summed E-state index contributed by atoms with van der Waals surface area (Å²) in [6, 6.07) is 6.54. The molecule has 3 aromatic rings. The summed E-state index contributed by atoms with van der Waals surface area (Å²) < 4.78 is 20.8. The molecule has 7 nitrogen and oxygen atoms in total. The van der Waals surface area contributed by atoms with Crippen LogP contribution in [0.3, 0.4) is 0 Å². The Bertz CT molecular complexity index is 1140. The first-order valence-corrected chi connectivity index (χ1v) is 12.3. The van der Waals surface area contributed by atoms with Crippen molar-refractivity contribution in [3.63, 3.8) is 0 Å². The van der Waals surface area contributed by atoms with Crippen LogP contribution < -0.4 is 10.6 Å². The van der Waals surface area contributed by atoms with E-state index >= 15 is 0 Å². The fraction of sp³-hybridized carbons (Fsp3) is 0.391. The van der Waals surface area contributed by atoms with Crippen LogP contribution in [-0.2, 0) is 24.1 Å². The molecule has 1 aliphatic rings. The Morgan fingerprint density at radius 1 is 1.21 bits per heavy atom. The molecule has 1 aliphatic carbocycles. The van der Waals surface area contributed by atoms with Gasteiger partial charge < -0.3 is 10.1 Å². The van der Waals surface area contributed by atoms with Crippen LogP contribution >= 0.6 is 23.6 Å². The smallest absolute Gasteiger partial charge is 0.341 e. The zero-order chi connectivity index (χ0) is 23.2. The molecule has 1 aromatic carbocycles. The molecule has 0 saturated heterocycles. The lowest BCUT2D eigenvalue weighted by molar-refractivity contribution is 0.0526. The van der Waals surface area contributed by atoms with Gasteiger partial charge >= 0.3 is 5.97 Å². The number of aryl methyl sites for hydroxylation is 1. The molecule has 0 amide bonds. The van der Waals surface area contributed by atoms with E-state index in [1.165, 1.54) is 34.8 Å². The van der Waals surface area contributed by atoms with Gasteiger partial charge in [-0.2, -0.15) is 0 Å². The number of hydrogen-bond acceptors (Lipinski definition) is 6. The standard InChI is InChI=1S/C23H26FN5O2S2/c1-2-31-21(30)19-16-10-5-3-4-6-12-18(16)33-20(19)26-23(32)27-22-25-14-29(28-22)13-15-9-7-8-11-17(15)24/h7-9,11,14H,2-6,10,12-13H2,1H3,(H2,26,27,28,32). The molecule has 10 heteroatoms. The number of thiocarbonyl (C=S) groups is 1. The second-order valence-corrected chi connectivity index (χ2v) is 9.29. The summed E-state index contributed by atoms with van der Waals surface area (Å²) in [5, 5.41) is 11.4. The number of aromatic nitrogens is 3. The highest BCUT2D eigenvalue weighted by atomic mass is 32.1. The van der Waals surface area contributed by atoms with Gasteiger partial charge in [-0.15, -0.1) is 16.4 Å². The van der Waals surface area contributed by atoms with Crippen LogP contribution in [0.5, 0.6) is 0 Å². The molecule has 33 heavy (non-hydrogen) atoms. The Hall–Kier alpha value is -2.85. The van der Waals surface area contributed by atoms with E-state index in [0.29, 0.717) is 22.7 Å². The summed E-state index contributed by atoms with van der Waals surface area (Å²) in [6.45, 7) is 2.37. The van der Waals surface area contributed by atoms with Gasteiger partial charge in [-0.05, 0) is 56.5 Å². The van der Waals surface area contributed by atoms with E-state index in [-0.39, 0.29) is 29.4 Å². The fourth-order valence-corrected chi connectivity index (χ4v) is 5.43. The number of carbonyl (C=O) groups is 1. The third kappa shape index (κ3) is 5.75. The first-order valence-electron chi connectivity index (χ1n) is 11.1. The van der Waals surface area contributed by atoms with Gasteiger partial charge in [-0.1, -0.05) is 31.0 Å². The number of rotatable bonds is 6. The Labute approximate surface area is 201 Å². The van der Waals surface area contributed by atoms with E-state index in [9.17, 15) is 9.18 Å². The van der Waals surface area contributed by atoms with Gasteiger partial charge in [-0.25, -0.2) is 18.9 Å². The Morgan fingerprint density at radius 2 is 2.00 bits per heavy atom. The molecule has 0 unspecified atom stereocenters. The third-order valence-electron chi connectivity index (χ3n) is 5.43. The van der Waals surface area contributed by atoms with Crippen LogP contribution in [0.4, 0.5) is 15.3 Å². The highest BCUT2D eigenvalue weighted by Gasteiger charge is 2.26. The number of anilines is 2. The predicted molar refractivity (Wildman–Crippen MR) is 132 cm³/mol. The topological polar surface area (TPSA) is 81.1 Å². The lowest BCUT2D eigenvalue weighted by atomic mass is 9.96. The van der Waals surface area contributed by atoms with E-state index in [2.05, 4.69) is 20.7 Å². The maximum Gasteiger partial charge on any atom is 0.341 e. The van der Waals surface area contributed by atoms with Crippen LogP contribution in [0.2, 0.25) is 0 Å². The minimum atomic E-state index is -0.326. The third-order valence-corrected chi connectivity index (χ3v) is 6.84. The first-order chi connectivity index (χ1) is 16.0. The molecular formula is C23H26FN5O2S2. The first kappa shape index (κ1) is 23.3. The van der Waals surface area contributed by atoms with Gasteiger partial charge in [0.1, 0.15) is 17.1 Å². The molecule has 0 radical (unpaired) electrons. The molecule has 0 fully saturated rings. The van der Waals surface area contributed by atoms with E-state index in [1.807, 2.05) is 0 Å². The summed E-state index contributed by atoms with van der Waals surface area (Å²) in [6.07, 6.45) is 7.87. The number of nitrogens with one attached hydrogen (secondary N) is 2. The van der Waals surface area contributed by atoms with Gasteiger partial charge in [0.05, 0.1) is 18.7 Å². The average molecular weight is 488 g/mol. The quantitative estimate of drug-likeness (QED) is 0.367. The molecule has 4 rings (SSSR count). The number of carbonyl (C=O) groups excluding carboxylic acids is 1. The Morgan fingerprint density at radius 3 is 2.79 bits per heavy atom. The highest BCUT2D eigenvalue weighted by molar-refractivity contribution is 7.80. The van der Waals surface area contributed by atoms with Crippen LogP contribution in [0, 0.1) is 5.82 Å². The van der Waals surface area contributed by atoms with Crippen molar-refractivity contribution in [3.05, 3.63) is 58.0 Å². The maximum atomic E-state index is 13.9. The van der Waals surface area contributed by atoms with Crippen molar-refractivity contribution < 1.29 is 13.9 Å². The zero-order valence-corrected chi connectivity index (χ0v) is 20.0. The van der Waals surface area contributed by atoms with Crippen molar-refractivity contribution in [1.29, 1.82) is 0 Å². The van der Waals surface area contributed by atoms with Gasteiger partial charge in [0.25, 0.3) is 0 Å². The Kier molecular flexibility index (Phi) is 7.66. The molecule has 2 heterocycles. The number of thiophene rings is 1. The molecule has 174 valence electrons. The summed E-state index contributed by atoms with van der Waals surface area (Å²) in [4.78, 5) is 18.2. The number of ether oxygens (including phenoxy) is 1. The van der Waals surface area contributed by atoms with Crippen molar-refractivity contribution in [2.24, 2.45) is 0 Å². The summed E-state index contributed by atoms with van der Waals surface area (Å²) in [5.41, 5.74) is 2.18. The van der Waals surface area contributed by atoms with Crippen molar-refractivity contribution in [2.75, 3.05) is 17.2 Å². The van der Waals surface area contributed by atoms with Crippen molar-refractivity contribution in [3.8, 4) is 0 Å². The Balaban J connectivity index is 1.48. The molecule has 0 atom stereocenters. The lowest BCUT2D eigenvalue weighted by Crippen LogP contribution is -2.21. The maximum absolute atomic E-state index is 13.9. The predicted octanol–water partition coefficient (Wildman–Crippen LogP) is 5.17. The normalized spacial score (nSPS) is 13.5. The van der Waals surface area contributed by atoms with Crippen molar-refractivity contribution >= 4 is 45.6 Å². The summed E-state index contributed by atoms with van der Waals surface area (Å²) in [5.74, 6) is -0.330. The number of halogens is 1. The molecule has 2 aromatic heterocycles. The second-order valence-electron chi connectivity index (χ2n) is 7.78. The lowest BCUT2D eigenvalue weighted by Gasteiger charge is -2.12. The fourth-order valence-electron chi connectivity index (χ4n) is 3.89. The molecule has 0 bridgehead atoms. The minimum Gasteiger partial charge on any atom is -0.462 e. The molecule has 0 saturated carbocycles. The van der Waals surface area contributed by atoms with E-state index < -0.39 is 0 Å². The molecule has 0 aliphatic heterocycles. The largest absolute Gasteiger partial charge is 0.462 e. The van der Waals surface area contributed by atoms with Crippen LogP contribution in [0.1, 0.15) is 59.0 Å². The molecular weight excluding hydrogens is 461 g/mol. The van der Waals surface area contributed by atoms with Crippen LogP contribution in [0.25, 0.3) is 0 Å². The number of fused-ring (bicyclic) bond motifs is 1. The van der Waals surface area contributed by atoms with Crippen molar-refractivity contribution in [2.45, 2.75) is 52.0 Å². The highest BCUT2D eigenvalue weighted by Crippen LogP contribution is 2.37. The molecule has 0 spiro atoms. The second kappa shape index (κ2) is 10.8. The van der Waals surface area contributed by atoms with Crippen molar-refractivity contribution in [1.82, 2.24) is 14.8 Å². The summed E-state index contributed by atoms with van der Waals surface area (Å²) >= 11 is 7.02. The average Bonchev–Trinajstić information content (AvgIpc) is 3.33. The molecule has 2 N–H and O–H groups in total. The number of benzene rings is 1.